The van der Waals surface area contributed by atoms with Crippen LogP contribution in [0.3, 0.4) is 0 Å². The van der Waals surface area contributed by atoms with Crippen LogP contribution in [-0.2, 0) is 11.8 Å². The third-order valence-electron chi connectivity index (χ3n) is 4.38. The molecule has 2 N–H and O–H groups in total. The Hall–Kier alpha value is -1.33. The molecule has 22 heavy (non-hydrogen) atoms. The van der Waals surface area contributed by atoms with E-state index in [9.17, 15) is 9.90 Å². The maximum Gasteiger partial charge on any atom is 0.244 e. The number of hydrogen-bond donors (Lipinski definition) is 2. The summed E-state index contributed by atoms with van der Waals surface area (Å²) in [4.78, 5) is 12.0. The van der Waals surface area contributed by atoms with Crippen molar-refractivity contribution in [1.29, 1.82) is 0 Å². The van der Waals surface area contributed by atoms with Gasteiger partial charge in [-0.25, -0.2) is 0 Å². The molecule has 5 nitrogen and oxygen atoms in total. The van der Waals surface area contributed by atoms with Crippen LogP contribution in [-0.4, -0.2) is 33.9 Å². The van der Waals surface area contributed by atoms with Crippen molar-refractivity contribution in [3.63, 3.8) is 0 Å². The number of aliphatic hydroxyl groups excluding tert-OH is 1. The van der Waals surface area contributed by atoms with Crippen LogP contribution in [0.5, 0.6) is 0 Å². The van der Waals surface area contributed by atoms with Gasteiger partial charge in [0, 0.05) is 31.8 Å². The molecule has 124 valence electrons. The first-order valence-corrected chi connectivity index (χ1v) is 8.02. The number of nitrogens with zero attached hydrogens (tertiary/aromatic N) is 2. The van der Waals surface area contributed by atoms with E-state index in [0.717, 1.165) is 24.1 Å². The van der Waals surface area contributed by atoms with E-state index < -0.39 is 0 Å². The Morgan fingerprint density at radius 1 is 1.45 bits per heavy atom. The number of aromatic nitrogens is 2. The van der Waals surface area contributed by atoms with Crippen LogP contribution >= 0.6 is 11.6 Å². The number of aryl methyl sites for hydroxylation is 2. The molecule has 0 saturated carbocycles. The lowest BCUT2D eigenvalue weighted by atomic mass is 9.79. The van der Waals surface area contributed by atoms with Gasteiger partial charge in [0.2, 0.25) is 5.91 Å². The highest BCUT2D eigenvalue weighted by Crippen LogP contribution is 2.29. The van der Waals surface area contributed by atoms with Crippen LogP contribution in [0.4, 0.5) is 0 Å². The van der Waals surface area contributed by atoms with Crippen LogP contribution in [0.1, 0.15) is 44.4 Å². The van der Waals surface area contributed by atoms with Crippen LogP contribution < -0.4 is 5.32 Å². The van der Waals surface area contributed by atoms with Gasteiger partial charge in [-0.15, -0.1) is 0 Å². The molecule has 0 aliphatic carbocycles. The maximum absolute atomic E-state index is 12.0. The third-order valence-corrected chi connectivity index (χ3v) is 4.83. The molecular formula is C16H26ClN3O2. The quantitative estimate of drug-likeness (QED) is 0.721. The molecule has 0 spiro atoms. The van der Waals surface area contributed by atoms with Gasteiger partial charge in [0.15, 0.2) is 0 Å². The summed E-state index contributed by atoms with van der Waals surface area (Å²) in [5.74, 6) is -0.163. The Balaban J connectivity index is 2.68. The molecule has 1 amide bonds. The lowest BCUT2D eigenvalue weighted by Crippen LogP contribution is -2.37. The average molecular weight is 328 g/mol. The molecule has 0 aromatic carbocycles. The summed E-state index contributed by atoms with van der Waals surface area (Å²) >= 11 is 6.12. The van der Waals surface area contributed by atoms with Gasteiger partial charge >= 0.3 is 0 Å². The van der Waals surface area contributed by atoms with Crippen molar-refractivity contribution in [3.05, 3.63) is 22.5 Å². The van der Waals surface area contributed by atoms with Gasteiger partial charge in [0.1, 0.15) is 5.15 Å². The predicted molar refractivity (Wildman–Crippen MR) is 89.7 cm³/mol. The minimum atomic E-state index is -0.163. The minimum Gasteiger partial charge on any atom is -0.396 e. The van der Waals surface area contributed by atoms with Crippen LogP contribution in [0.15, 0.2) is 6.08 Å². The molecule has 0 atom stereocenters. The lowest BCUT2D eigenvalue weighted by Gasteiger charge is -2.31. The molecule has 6 heteroatoms. The van der Waals surface area contributed by atoms with E-state index in [1.54, 1.807) is 17.8 Å². The second-order valence-electron chi connectivity index (χ2n) is 5.65. The molecule has 0 unspecified atom stereocenters. The Morgan fingerprint density at radius 3 is 2.55 bits per heavy atom. The molecule has 0 aliphatic heterocycles. The van der Waals surface area contributed by atoms with Gasteiger partial charge in [-0.05, 0) is 37.7 Å². The largest absolute Gasteiger partial charge is 0.396 e. The summed E-state index contributed by atoms with van der Waals surface area (Å²) in [6.07, 6.45) is 5.69. The highest BCUT2D eigenvalue weighted by atomic mass is 35.5. The van der Waals surface area contributed by atoms with Crippen molar-refractivity contribution in [2.45, 2.75) is 40.0 Å². The topological polar surface area (TPSA) is 67.2 Å². The van der Waals surface area contributed by atoms with E-state index in [0.29, 0.717) is 18.1 Å². The molecule has 1 heterocycles. The van der Waals surface area contributed by atoms with Gasteiger partial charge in [-0.2, -0.15) is 5.10 Å². The standard InChI is InChI=1S/C16H26ClN3O2/c1-5-16(6-2,9-10-21)11-18-14(22)8-7-13-12(3)19-20(4)15(13)17/h7-8,21H,5-6,9-11H2,1-4H3,(H,18,22)/b8-7+. The predicted octanol–water partition coefficient (Wildman–Crippen LogP) is 2.70. The first kappa shape index (κ1) is 18.7. The van der Waals surface area contributed by atoms with E-state index >= 15 is 0 Å². The number of halogens is 1. The number of aliphatic hydroxyl groups is 1. The fourth-order valence-corrected chi connectivity index (χ4v) is 2.74. The fourth-order valence-electron chi connectivity index (χ4n) is 2.51. The number of nitrogens with one attached hydrogen (secondary N) is 1. The van der Waals surface area contributed by atoms with Gasteiger partial charge in [-0.1, -0.05) is 25.4 Å². The van der Waals surface area contributed by atoms with Gasteiger partial charge in [-0.3, -0.25) is 9.48 Å². The zero-order valence-corrected chi connectivity index (χ0v) is 14.6. The Labute approximate surface area is 137 Å². The lowest BCUT2D eigenvalue weighted by molar-refractivity contribution is -0.117. The molecule has 0 saturated heterocycles. The normalized spacial score (nSPS) is 12.1. The van der Waals surface area contributed by atoms with Crippen molar-refractivity contribution >= 4 is 23.6 Å². The van der Waals surface area contributed by atoms with Crippen LogP contribution in [0, 0.1) is 12.3 Å². The van der Waals surface area contributed by atoms with E-state index in [1.165, 1.54) is 6.08 Å². The zero-order chi connectivity index (χ0) is 16.8. The molecule has 0 bridgehead atoms. The van der Waals surface area contributed by atoms with Crippen molar-refractivity contribution < 1.29 is 9.90 Å². The zero-order valence-electron chi connectivity index (χ0n) is 13.8. The summed E-state index contributed by atoms with van der Waals surface area (Å²) in [5.41, 5.74) is 1.50. The summed E-state index contributed by atoms with van der Waals surface area (Å²) < 4.78 is 1.58. The molecule has 1 aromatic heterocycles. The van der Waals surface area contributed by atoms with Crippen molar-refractivity contribution in [1.82, 2.24) is 15.1 Å². The highest BCUT2D eigenvalue weighted by Gasteiger charge is 2.25. The Kier molecular flexibility index (Phi) is 7.10. The number of amides is 1. The smallest absolute Gasteiger partial charge is 0.244 e. The van der Waals surface area contributed by atoms with Crippen molar-refractivity contribution in [2.75, 3.05) is 13.2 Å². The number of hydrogen-bond acceptors (Lipinski definition) is 3. The summed E-state index contributed by atoms with van der Waals surface area (Å²) in [6.45, 7) is 6.71. The third kappa shape index (κ3) is 4.58. The van der Waals surface area contributed by atoms with Gasteiger partial charge in [0.05, 0.1) is 5.69 Å². The van der Waals surface area contributed by atoms with Gasteiger partial charge < -0.3 is 10.4 Å². The van der Waals surface area contributed by atoms with Crippen LogP contribution in [0.2, 0.25) is 5.15 Å². The first-order chi connectivity index (χ1) is 10.4. The summed E-state index contributed by atoms with van der Waals surface area (Å²) in [6, 6.07) is 0. The Bertz CT molecular complexity index is 534. The molecule has 0 aliphatic rings. The number of carbonyl (C=O) groups is 1. The first-order valence-electron chi connectivity index (χ1n) is 7.65. The minimum absolute atomic E-state index is 0.0416. The molecule has 0 fully saturated rings. The SMILES string of the molecule is CCC(CC)(CCO)CNC(=O)/C=C/c1c(C)nn(C)c1Cl. The highest BCUT2D eigenvalue weighted by molar-refractivity contribution is 6.31. The Morgan fingerprint density at radius 2 is 2.09 bits per heavy atom. The van der Waals surface area contributed by atoms with E-state index in [1.807, 2.05) is 6.92 Å². The molecule has 0 radical (unpaired) electrons. The van der Waals surface area contributed by atoms with Crippen molar-refractivity contribution in [3.8, 4) is 0 Å². The second kappa shape index (κ2) is 8.34. The molecular weight excluding hydrogens is 302 g/mol. The van der Waals surface area contributed by atoms with Crippen LogP contribution in [0.25, 0.3) is 6.08 Å². The fraction of sp³-hybridized carbons (Fsp3) is 0.625. The van der Waals surface area contributed by atoms with E-state index in [4.69, 9.17) is 11.6 Å². The summed E-state index contributed by atoms with van der Waals surface area (Å²) in [5, 5.41) is 16.8. The monoisotopic (exact) mass is 327 g/mol. The maximum atomic E-state index is 12.0. The molecule has 1 aromatic rings. The second-order valence-corrected chi connectivity index (χ2v) is 6.00. The van der Waals surface area contributed by atoms with Gasteiger partial charge in [0.25, 0.3) is 0 Å². The molecule has 1 rings (SSSR count). The summed E-state index contributed by atoms with van der Waals surface area (Å²) in [7, 11) is 1.76. The van der Waals surface area contributed by atoms with E-state index in [2.05, 4.69) is 24.3 Å². The average Bonchev–Trinajstić information content (AvgIpc) is 2.74. The number of carbonyl (C=O) groups excluding carboxylic acids is 1. The number of rotatable bonds is 8. The van der Waals surface area contributed by atoms with Crippen molar-refractivity contribution in [2.24, 2.45) is 12.5 Å². The van der Waals surface area contributed by atoms with E-state index in [-0.39, 0.29) is 17.9 Å².